The smallest absolute Gasteiger partial charge is 0.300 e. The SMILES string of the molecule is Cc1cccc(C2/C(=C(\O)c3ccc(OCC(C)C)c(C)c3)C(=O)C(=O)N2c2cccc(Cl)c2)c1. The van der Waals surface area contributed by atoms with Crippen molar-refractivity contribution < 1.29 is 19.4 Å². The van der Waals surface area contributed by atoms with Crippen LogP contribution < -0.4 is 9.64 Å². The van der Waals surface area contributed by atoms with Crippen molar-refractivity contribution >= 4 is 34.7 Å². The summed E-state index contributed by atoms with van der Waals surface area (Å²) >= 11 is 6.20. The van der Waals surface area contributed by atoms with Gasteiger partial charge in [-0.1, -0.05) is 61.3 Å². The minimum absolute atomic E-state index is 0.0378. The lowest BCUT2D eigenvalue weighted by molar-refractivity contribution is -0.132. The number of aliphatic hydroxyl groups is 1. The van der Waals surface area contributed by atoms with Gasteiger partial charge in [0, 0.05) is 16.3 Å². The molecule has 6 heteroatoms. The van der Waals surface area contributed by atoms with E-state index in [-0.39, 0.29) is 11.3 Å². The van der Waals surface area contributed by atoms with E-state index < -0.39 is 17.7 Å². The molecule has 3 aromatic rings. The van der Waals surface area contributed by atoms with Crippen LogP contribution in [-0.2, 0) is 9.59 Å². The first-order chi connectivity index (χ1) is 16.7. The molecule has 1 heterocycles. The first-order valence-corrected chi connectivity index (χ1v) is 11.9. The minimum atomic E-state index is -0.800. The molecule has 35 heavy (non-hydrogen) atoms. The zero-order valence-corrected chi connectivity index (χ0v) is 21.0. The summed E-state index contributed by atoms with van der Waals surface area (Å²) in [4.78, 5) is 28.0. The molecule has 0 aliphatic carbocycles. The minimum Gasteiger partial charge on any atom is -0.507 e. The number of nitrogens with zero attached hydrogens (tertiary/aromatic N) is 1. The van der Waals surface area contributed by atoms with Gasteiger partial charge in [0.1, 0.15) is 11.5 Å². The summed E-state index contributed by atoms with van der Waals surface area (Å²) in [7, 11) is 0. The predicted molar refractivity (Wildman–Crippen MR) is 139 cm³/mol. The van der Waals surface area contributed by atoms with Crippen LogP contribution in [0.1, 0.15) is 42.1 Å². The molecule has 1 aliphatic rings. The molecule has 0 radical (unpaired) electrons. The maximum atomic E-state index is 13.3. The van der Waals surface area contributed by atoms with E-state index in [2.05, 4.69) is 13.8 Å². The van der Waals surface area contributed by atoms with Gasteiger partial charge in [0.15, 0.2) is 0 Å². The van der Waals surface area contributed by atoms with Crippen molar-refractivity contribution in [1.29, 1.82) is 0 Å². The molecule has 5 nitrogen and oxygen atoms in total. The van der Waals surface area contributed by atoms with E-state index in [1.807, 2.05) is 38.1 Å². The average molecular weight is 490 g/mol. The highest BCUT2D eigenvalue weighted by atomic mass is 35.5. The third kappa shape index (κ3) is 4.96. The Bertz CT molecular complexity index is 1330. The van der Waals surface area contributed by atoms with Crippen LogP contribution in [0.5, 0.6) is 5.75 Å². The second-order valence-corrected chi connectivity index (χ2v) is 9.68. The van der Waals surface area contributed by atoms with Gasteiger partial charge < -0.3 is 9.84 Å². The standard InChI is InChI=1S/C29H28ClNO4/c1-17(2)16-35-24-12-11-21(14-19(24)4)27(32)25-26(20-8-5-7-18(3)13-20)31(29(34)28(25)33)23-10-6-9-22(30)15-23/h5-15,17,26,32H,16H2,1-4H3/b27-25+. The zero-order valence-electron chi connectivity index (χ0n) is 20.2. The van der Waals surface area contributed by atoms with Crippen LogP contribution in [0.2, 0.25) is 5.02 Å². The second kappa shape index (κ2) is 9.96. The van der Waals surface area contributed by atoms with E-state index in [4.69, 9.17) is 16.3 Å². The first kappa shape index (κ1) is 24.6. The third-order valence-corrected chi connectivity index (χ3v) is 6.14. The Morgan fingerprint density at radius 1 is 1.03 bits per heavy atom. The van der Waals surface area contributed by atoms with E-state index >= 15 is 0 Å². The van der Waals surface area contributed by atoms with Crippen LogP contribution >= 0.6 is 11.6 Å². The van der Waals surface area contributed by atoms with E-state index in [0.717, 1.165) is 16.7 Å². The van der Waals surface area contributed by atoms with Gasteiger partial charge in [0.25, 0.3) is 11.7 Å². The van der Waals surface area contributed by atoms with Crippen molar-refractivity contribution in [3.8, 4) is 5.75 Å². The van der Waals surface area contributed by atoms with Gasteiger partial charge in [0.2, 0.25) is 0 Å². The van der Waals surface area contributed by atoms with Crippen LogP contribution in [0.15, 0.2) is 72.3 Å². The monoisotopic (exact) mass is 489 g/mol. The van der Waals surface area contributed by atoms with Crippen LogP contribution in [0.4, 0.5) is 5.69 Å². The number of carbonyl (C=O) groups excluding carboxylic acids is 2. The molecule has 4 rings (SSSR count). The molecule has 1 fully saturated rings. The topological polar surface area (TPSA) is 66.8 Å². The molecule has 1 N–H and O–H groups in total. The van der Waals surface area contributed by atoms with E-state index in [1.165, 1.54) is 4.90 Å². The Hall–Kier alpha value is -3.57. The lowest BCUT2D eigenvalue weighted by Crippen LogP contribution is -2.29. The predicted octanol–water partition coefficient (Wildman–Crippen LogP) is 6.62. The molecule has 0 spiro atoms. The molecule has 0 bridgehead atoms. The van der Waals surface area contributed by atoms with Crippen LogP contribution in [0.25, 0.3) is 5.76 Å². The number of amides is 1. The molecular formula is C29H28ClNO4. The van der Waals surface area contributed by atoms with Gasteiger partial charge in [-0.2, -0.15) is 0 Å². The maximum Gasteiger partial charge on any atom is 0.300 e. The number of hydrogen-bond donors (Lipinski definition) is 1. The number of Topliss-reactive ketones (excluding diaryl/α,β-unsaturated/α-hetero) is 1. The van der Waals surface area contributed by atoms with Crippen LogP contribution in [0.3, 0.4) is 0 Å². The number of aliphatic hydroxyl groups excluding tert-OH is 1. The molecule has 3 aromatic carbocycles. The number of halogens is 1. The summed E-state index contributed by atoms with van der Waals surface area (Å²) < 4.78 is 5.85. The van der Waals surface area contributed by atoms with Gasteiger partial charge in [-0.25, -0.2) is 0 Å². The number of ketones is 1. The van der Waals surface area contributed by atoms with Crippen LogP contribution in [0, 0.1) is 19.8 Å². The molecule has 1 unspecified atom stereocenters. The fourth-order valence-electron chi connectivity index (χ4n) is 4.25. The Kier molecular flexibility index (Phi) is 6.99. The van der Waals surface area contributed by atoms with E-state index in [0.29, 0.717) is 34.5 Å². The average Bonchev–Trinajstić information content (AvgIpc) is 3.08. The highest BCUT2D eigenvalue weighted by Crippen LogP contribution is 2.43. The van der Waals surface area contributed by atoms with Gasteiger partial charge in [-0.05, 0) is 67.3 Å². The molecule has 1 atom stereocenters. The lowest BCUT2D eigenvalue weighted by Gasteiger charge is -2.26. The Morgan fingerprint density at radius 2 is 1.77 bits per heavy atom. The van der Waals surface area contributed by atoms with Gasteiger partial charge in [-0.3, -0.25) is 14.5 Å². The Labute approximate surface area is 210 Å². The van der Waals surface area contributed by atoms with Crippen LogP contribution in [-0.4, -0.2) is 23.4 Å². The summed E-state index contributed by atoms with van der Waals surface area (Å²) in [5.74, 6) is -0.595. The normalized spacial score (nSPS) is 17.3. The summed E-state index contributed by atoms with van der Waals surface area (Å²) in [5, 5.41) is 11.8. The molecule has 0 aromatic heterocycles. The van der Waals surface area contributed by atoms with E-state index in [9.17, 15) is 14.7 Å². The van der Waals surface area contributed by atoms with Crippen molar-refractivity contribution in [2.75, 3.05) is 11.5 Å². The van der Waals surface area contributed by atoms with Crippen molar-refractivity contribution in [2.45, 2.75) is 33.7 Å². The van der Waals surface area contributed by atoms with Gasteiger partial charge in [-0.15, -0.1) is 0 Å². The molecule has 180 valence electrons. The first-order valence-electron chi connectivity index (χ1n) is 11.5. The lowest BCUT2D eigenvalue weighted by atomic mass is 9.94. The molecule has 1 saturated heterocycles. The number of carbonyl (C=O) groups is 2. The number of benzene rings is 3. The fraction of sp³-hybridized carbons (Fsp3) is 0.241. The number of anilines is 1. The summed E-state index contributed by atoms with van der Waals surface area (Å²) in [6.07, 6.45) is 0. The Balaban J connectivity index is 1.86. The number of aryl methyl sites for hydroxylation is 2. The number of hydrogen-bond acceptors (Lipinski definition) is 4. The Morgan fingerprint density at radius 3 is 2.43 bits per heavy atom. The summed E-state index contributed by atoms with van der Waals surface area (Å²) in [5.41, 5.74) is 3.49. The van der Waals surface area contributed by atoms with Crippen molar-refractivity contribution in [2.24, 2.45) is 5.92 Å². The summed E-state index contributed by atoms with van der Waals surface area (Å²) in [6.45, 7) is 8.53. The zero-order chi connectivity index (χ0) is 25.3. The maximum absolute atomic E-state index is 13.3. The molecule has 0 saturated carbocycles. The quantitative estimate of drug-likeness (QED) is 0.240. The highest BCUT2D eigenvalue weighted by Gasteiger charge is 2.47. The highest BCUT2D eigenvalue weighted by molar-refractivity contribution is 6.51. The van der Waals surface area contributed by atoms with Crippen molar-refractivity contribution in [1.82, 2.24) is 0 Å². The number of ether oxygens (including phenoxy) is 1. The largest absolute Gasteiger partial charge is 0.507 e. The molecule has 1 amide bonds. The third-order valence-electron chi connectivity index (χ3n) is 5.91. The summed E-state index contributed by atoms with van der Waals surface area (Å²) in [6, 6.07) is 18.8. The van der Waals surface area contributed by atoms with Gasteiger partial charge >= 0.3 is 0 Å². The second-order valence-electron chi connectivity index (χ2n) is 9.25. The number of rotatable bonds is 6. The van der Waals surface area contributed by atoms with Crippen molar-refractivity contribution in [3.05, 3.63) is 99.6 Å². The van der Waals surface area contributed by atoms with Crippen molar-refractivity contribution in [3.63, 3.8) is 0 Å². The molecular weight excluding hydrogens is 462 g/mol. The van der Waals surface area contributed by atoms with Gasteiger partial charge in [0.05, 0.1) is 18.2 Å². The van der Waals surface area contributed by atoms with E-state index in [1.54, 1.807) is 42.5 Å². The fourth-order valence-corrected chi connectivity index (χ4v) is 4.44. The molecule has 1 aliphatic heterocycles.